The average Bonchev–Trinajstić information content (AvgIpc) is 3.75. The zero-order valence-electron chi connectivity index (χ0n) is 32.0. The molecular formula is C33H43N6O18P3. The van der Waals surface area contributed by atoms with Crippen LogP contribution in [0.25, 0.3) is 11.0 Å². The van der Waals surface area contributed by atoms with E-state index < -0.39 is 67.3 Å². The molecule has 1 aromatic carbocycles. The molecule has 2 aromatic heterocycles. The fraction of sp³-hybridized carbons (Fsp3) is 0.424. The Kier molecular flexibility index (Phi) is 17.6. The highest BCUT2D eigenvalue weighted by molar-refractivity contribution is 7.66. The second-order valence-electron chi connectivity index (χ2n) is 12.4. The standard InChI is InChI=1S/C33H43N6O18P3/c1-4-13-51-29(19-52-24-9-5-7-22(14-24)33(42)36-12-10-21(2)40)53-18-27(41)35-11-6-8-23-16-39(32-30(23)31(34)37-20-38-32)28-15-25(50-3)26(55-28)17-54-59(46,47)57-60(48,49)56-58(43,44)45/h4-5,7,9,14,16,20,25-26,28-29H,1,10-13,15,17-19H2,2-3H3,(H,35,41)(H,36,42)(H,46,47)(H,48,49)(H2,34,37,38)(H2,43,44,45). The number of benzene rings is 1. The van der Waals surface area contributed by atoms with E-state index in [2.05, 4.69) is 47.6 Å². The highest BCUT2D eigenvalue weighted by atomic mass is 31.3. The van der Waals surface area contributed by atoms with Crippen LogP contribution in [0.3, 0.4) is 0 Å². The molecule has 1 saturated heterocycles. The Labute approximate surface area is 342 Å². The van der Waals surface area contributed by atoms with Gasteiger partial charge in [0.05, 0.1) is 36.8 Å². The van der Waals surface area contributed by atoms with Crippen LogP contribution >= 0.6 is 23.5 Å². The number of phosphoric acid groups is 3. The van der Waals surface area contributed by atoms with Gasteiger partial charge in [-0.2, -0.15) is 8.62 Å². The fourth-order valence-corrected chi connectivity index (χ4v) is 8.36. The number of ether oxygens (including phenoxy) is 5. The third-order valence-corrected chi connectivity index (χ3v) is 11.7. The molecule has 60 heavy (non-hydrogen) atoms. The van der Waals surface area contributed by atoms with Gasteiger partial charge in [0, 0.05) is 38.3 Å². The molecule has 2 amide bonds. The van der Waals surface area contributed by atoms with Gasteiger partial charge in [-0.1, -0.05) is 24.0 Å². The Morgan fingerprint density at radius 3 is 2.58 bits per heavy atom. The zero-order valence-corrected chi connectivity index (χ0v) is 34.7. The van der Waals surface area contributed by atoms with Gasteiger partial charge in [-0.05, 0) is 25.1 Å². The lowest BCUT2D eigenvalue weighted by atomic mass is 10.2. The van der Waals surface area contributed by atoms with Crippen LogP contribution in [0.4, 0.5) is 5.82 Å². The summed E-state index contributed by atoms with van der Waals surface area (Å²) in [5.74, 6) is 5.15. The SMILES string of the molecule is C=CCOC(COc1cccc(C(=O)NCCC(C)=O)c1)OCC(=O)NCC#Cc1cn(C2CC(OC)C(COP(=O)(O)OP(=O)(O)OP(=O)(O)O)O2)c2ncnc(N)c12. The number of carbonyl (C=O) groups is 3. The van der Waals surface area contributed by atoms with Crippen LogP contribution in [0, 0.1) is 11.8 Å². The summed E-state index contributed by atoms with van der Waals surface area (Å²) >= 11 is 0. The Bertz CT molecular complexity index is 2220. The average molecular weight is 905 g/mol. The van der Waals surface area contributed by atoms with Gasteiger partial charge in [0.2, 0.25) is 5.91 Å². The number of carbonyl (C=O) groups excluding carboxylic acids is 3. The minimum absolute atomic E-state index is 0.0523. The minimum Gasteiger partial charge on any atom is -0.488 e. The van der Waals surface area contributed by atoms with Crippen LogP contribution in [0.1, 0.15) is 41.9 Å². The first-order chi connectivity index (χ1) is 28.3. The molecule has 0 bridgehead atoms. The Balaban J connectivity index is 1.34. The van der Waals surface area contributed by atoms with Crippen LogP contribution in [0.5, 0.6) is 5.75 Å². The molecule has 1 fully saturated rings. The van der Waals surface area contributed by atoms with Crippen molar-refractivity contribution in [3.05, 3.63) is 60.6 Å². The van der Waals surface area contributed by atoms with Crippen LogP contribution in [0.2, 0.25) is 0 Å². The maximum Gasteiger partial charge on any atom is 0.490 e. The Hall–Kier alpha value is -4.40. The summed E-state index contributed by atoms with van der Waals surface area (Å²) in [5, 5.41) is 5.60. The van der Waals surface area contributed by atoms with E-state index in [0.29, 0.717) is 22.3 Å². The van der Waals surface area contributed by atoms with Crippen LogP contribution < -0.4 is 21.1 Å². The first kappa shape index (κ1) is 48.3. The molecule has 8 N–H and O–H groups in total. The number of ketones is 1. The lowest BCUT2D eigenvalue weighted by Crippen LogP contribution is -2.33. The van der Waals surface area contributed by atoms with Gasteiger partial charge < -0.3 is 64.2 Å². The Morgan fingerprint density at radius 2 is 1.88 bits per heavy atom. The van der Waals surface area contributed by atoms with Crippen molar-refractivity contribution in [2.45, 2.75) is 44.5 Å². The monoisotopic (exact) mass is 904 g/mol. The van der Waals surface area contributed by atoms with Crippen molar-refractivity contribution in [2.75, 3.05) is 52.4 Å². The number of nitrogens with two attached hydrogens (primary N) is 1. The van der Waals surface area contributed by atoms with Gasteiger partial charge >= 0.3 is 23.5 Å². The van der Waals surface area contributed by atoms with Crippen molar-refractivity contribution in [2.24, 2.45) is 0 Å². The molecule has 0 spiro atoms. The van der Waals surface area contributed by atoms with E-state index in [-0.39, 0.29) is 62.3 Å². The molecule has 1 aliphatic heterocycles. The van der Waals surface area contributed by atoms with Gasteiger partial charge in [-0.15, -0.1) is 6.58 Å². The van der Waals surface area contributed by atoms with E-state index in [0.717, 1.165) is 0 Å². The normalized spacial score (nSPS) is 19.0. The number of rotatable bonds is 23. The summed E-state index contributed by atoms with van der Waals surface area (Å²) in [6, 6.07) is 6.34. The molecule has 0 radical (unpaired) electrons. The van der Waals surface area contributed by atoms with E-state index in [1.165, 1.54) is 32.5 Å². The summed E-state index contributed by atoms with van der Waals surface area (Å²) in [4.78, 5) is 81.3. The summed E-state index contributed by atoms with van der Waals surface area (Å²) in [5.41, 5.74) is 7.10. The highest BCUT2D eigenvalue weighted by Crippen LogP contribution is 2.66. The number of anilines is 1. The number of nitrogens with zero attached hydrogens (tertiary/aromatic N) is 3. The second kappa shape index (κ2) is 21.9. The van der Waals surface area contributed by atoms with Crippen LogP contribution in [-0.2, 0) is 55.4 Å². The molecule has 3 aromatic rings. The molecule has 6 unspecified atom stereocenters. The topological polar surface area (TPSA) is 338 Å². The van der Waals surface area contributed by atoms with E-state index >= 15 is 0 Å². The molecule has 24 nitrogen and oxygen atoms in total. The third-order valence-electron chi connectivity index (χ3n) is 7.89. The van der Waals surface area contributed by atoms with Crippen LogP contribution in [0.15, 0.2) is 49.4 Å². The maximum atomic E-state index is 12.7. The molecule has 3 heterocycles. The fourth-order valence-electron chi connectivity index (χ4n) is 5.33. The predicted octanol–water partition coefficient (Wildman–Crippen LogP) is 1.46. The number of fused-ring (bicyclic) bond motifs is 1. The number of hydrogen-bond donors (Lipinski definition) is 7. The molecule has 328 valence electrons. The van der Waals surface area contributed by atoms with Gasteiger partial charge in [0.25, 0.3) is 5.91 Å². The van der Waals surface area contributed by atoms with Crippen molar-refractivity contribution in [3.63, 3.8) is 0 Å². The van der Waals surface area contributed by atoms with Crippen molar-refractivity contribution < 1.29 is 84.5 Å². The number of nitrogens with one attached hydrogen (secondary N) is 2. The van der Waals surface area contributed by atoms with Gasteiger partial charge in [-0.25, -0.2) is 23.7 Å². The number of amides is 2. The molecular weight excluding hydrogens is 861 g/mol. The summed E-state index contributed by atoms with van der Waals surface area (Å²) < 4.78 is 77.0. The first-order valence-electron chi connectivity index (χ1n) is 17.5. The minimum atomic E-state index is -5.73. The van der Waals surface area contributed by atoms with Crippen molar-refractivity contribution in [3.8, 4) is 17.6 Å². The van der Waals surface area contributed by atoms with Gasteiger partial charge in [-0.3, -0.25) is 18.9 Å². The first-order valence-corrected chi connectivity index (χ1v) is 22.0. The van der Waals surface area contributed by atoms with Crippen molar-refractivity contribution >= 4 is 57.9 Å². The summed E-state index contributed by atoms with van der Waals surface area (Å²) in [6.45, 7) is 3.85. The smallest absolute Gasteiger partial charge is 0.488 e. The Morgan fingerprint density at radius 1 is 1.12 bits per heavy atom. The number of aromatic nitrogens is 3. The highest BCUT2D eigenvalue weighted by Gasteiger charge is 2.43. The zero-order chi connectivity index (χ0) is 44.1. The van der Waals surface area contributed by atoms with E-state index in [1.54, 1.807) is 29.0 Å². The molecule has 4 rings (SSSR count). The summed E-state index contributed by atoms with van der Waals surface area (Å²) in [6.07, 6.45) is 0.831. The molecule has 1 aliphatic rings. The summed E-state index contributed by atoms with van der Waals surface area (Å²) in [7, 11) is -15.4. The molecule has 6 atom stereocenters. The number of methoxy groups -OCH3 is 1. The quantitative estimate of drug-likeness (QED) is 0.0306. The third kappa shape index (κ3) is 15.3. The van der Waals surface area contributed by atoms with Crippen molar-refractivity contribution in [1.29, 1.82) is 0 Å². The maximum absolute atomic E-state index is 12.7. The second-order valence-corrected chi connectivity index (χ2v) is 16.8. The predicted molar refractivity (Wildman–Crippen MR) is 206 cm³/mol. The van der Waals surface area contributed by atoms with E-state index in [9.17, 15) is 37.9 Å². The number of phosphoric ester groups is 1. The number of nitrogen functional groups attached to an aromatic ring is 1. The largest absolute Gasteiger partial charge is 0.490 e. The molecule has 27 heteroatoms. The lowest BCUT2D eigenvalue weighted by molar-refractivity contribution is -0.162. The van der Waals surface area contributed by atoms with Crippen LogP contribution in [-0.4, -0.2) is 117 Å². The lowest BCUT2D eigenvalue weighted by Gasteiger charge is -2.20. The van der Waals surface area contributed by atoms with Gasteiger partial charge in [0.1, 0.15) is 54.9 Å². The van der Waals surface area contributed by atoms with E-state index in [4.69, 9.17) is 43.7 Å². The molecule has 0 aliphatic carbocycles. The van der Waals surface area contributed by atoms with Crippen molar-refractivity contribution in [1.82, 2.24) is 25.2 Å². The number of hydrogen-bond acceptors (Lipinski definition) is 17. The number of Topliss-reactive ketones (excluding diaryl/α,β-unsaturated/α-hetero) is 1. The molecule has 0 saturated carbocycles. The van der Waals surface area contributed by atoms with Gasteiger partial charge in [0.15, 0.2) is 6.29 Å². The van der Waals surface area contributed by atoms with E-state index in [1.807, 2.05) is 0 Å².